The maximum Gasteiger partial charge on any atom is 0.0971 e. The third-order valence-electron chi connectivity index (χ3n) is 1.51. The van der Waals surface area contributed by atoms with Gasteiger partial charge < -0.3 is 0 Å². The van der Waals surface area contributed by atoms with Gasteiger partial charge in [0.25, 0.3) is 0 Å². The Kier molecular flexibility index (Phi) is 4.10. The predicted octanol–water partition coefficient (Wildman–Crippen LogP) is 3.73. The molecule has 4 heteroatoms. The Labute approximate surface area is 92.2 Å². The first-order valence-corrected chi connectivity index (χ1v) is 5.62. The van der Waals surface area contributed by atoms with Crippen LogP contribution in [0.2, 0.25) is 10.0 Å². The molecule has 0 aromatic heterocycles. The van der Waals surface area contributed by atoms with E-state index in [9.17, 15) is 0 Å². The zero-order valence-corrected chi connectivity index (χ0v) is 9.67. The molecule has 0 N–H and O–H groups in total. The number of hydrogen-bond acceptors (Lipinski definition) is 2. The van der Waals surface area contributed by atoms with Crippen molar-refractivity contribution in [2.45, 2.75) is 0 Å². The minimum absolute atomic E-state index is 0.637. The number of nitrogens with zero attached hydrogens (tertiary/aromatic N) is 1. The molecule has 0 saturated carbocycles. The lowest BCUT2D eigenvalue weighted by molar-refractivity contribution is 1.45. The molecule has 0 spiro atoms. The van der Waals surface area contributed by atoms with Gasteiger partial charge in [-0.1, -0.05) is 23.2 Å². The molecule has 0 heterocycles. The molecule has 13 heavy (non-hydrogen) atoms. The maximum atomic E-state index is 5.86. The molecule has 0 radical (unpaired) electrons. The van der Waals surface area contributed by atoms with Gasteiger partial charge in [-0.05, 0) is 24.5 Å². The third kappa shape index (κ3) is 2.90. The molecule has 0 saturated heterocycles. The zero-order valence-electron chi connectivity index (χ0n) is 7.34. The number of thioether (sulfide) groups is 1. The van der Waals surface area contributed by atoms with Crippen molar-refractivity contribution < 1.29 is 0 Å². The van der Waals surface area contributed by atoms with Crippen LogP contribution in [-0.2, 0) is 0 Å². The lowest BCUT2D eigenvalue weighted by Crippen LogP contribution is -1.94. The Bertz CT molecular complexity index is 316. The molecule has 70 valence electrons. The second kappa shape index (κ2) is 4.89. The van der Waals surface area contributed by atoms with Crippen LogP contribution in [0.1, 0.15) is 5.56 Å². The molecule has 0 unspecified atom stereocenters. The van der Waals surface area contributed by atoms with Crippen LogP contribution < -0.4 is 0 Å². The molecule has 1 rings (SSSR count). The third-order valence-corrected chi connectivity index (χ3v) is 2.75. The van der Waals surface area contributed by atoms with Gasteiger partial charge in [0.2, 0.25) is 0 Å². The summed E-state index contributed by atoms with van der Waals surface area (Å²) in [4.78, 5) is 4.12. The number of halogens is 2. The Morgan fingerprint density at radius 3 is 2.15 bits per heavy atom. The molecule has 0 aliphatic carbocycles. The van der Waals surface area contributed by atoms with Crippen molar-refractivity contribution >= 4 is 40.0 Å². The summed E-state index contributed by atoms with van der Waals surface area (Å²) in [7, 11) is 1.75. The van der Waals surface area contributed by atoms with Crippen molar-refractivity contribution in [3.63, 3.8) is 0 Å². The van der Waals surface area contributed by atoms with E-state index in [4.69, 9.17) is 23.2 Å². The monoisotopic (exact) mass is 233 g/mol. The van der Waals surface area contributed by atoms with E-state index in [-0.39, 0.29) is 0 Å². The van der Waals surface area contributed by atoms with Gasteiger partial charge in [0.1, 0.15) is 0 Å². The van der Waals surface area contributed by atoms with Gasteiger partial charge in [-0.25, -0.2) is 0 Å². The van der Waals surface area contributed by atoms with Gasteiger partial charge in [-0.3, -0.25) is 4.99 Å². The molecule has 0 amide bonds. The first-order chi connectivity index (χ1) is 6.17. The van der Waals surface area contributed by atoms with Gasteiger partial charge in [0.15, 0.2) is 0 Å². The van der Waals surface area contributed by atoms with E-state index in [0.29, 0.717) is 10.0 Å². The van der Waals surface area contributed by atoms with Crippen molar-refractivity contribution in [1.82, 2.24) is 0 Å². The highest BCUT2D eigenvalue weighted by atomic mass is 35.5. The van der Waals surface area contributed by atoms with Gasteiger partial charge in [-0.15, -0.1) is 11.8 Å². The van der Waals surface area contributed by atoms with Gasteiger partial charge >= 0.3 is 0 Å². The Morgan fingerprint density at radius 1 is 1.23 bits per heavy atom. The molecule has 0 aliphatic heterocycles. The molecule has 1 nitrogen and oxygen atoms in total. The number of benzene rings is 1. The van der Waals surface area contributed by atoms with Crippen LogP contribution in [0, 0.1) is 0 Å². The Morgan fingerprint density at radius 2 is 1.77 bits per heavy atom. The summed E-state index contributed by atoms with van der Waals surface area (Å²) in [5, 5.41) is 2.21. The molecular weight excluding hydrogens is 225 g/mol. The minimum atomic E-state index is 0.637. The summed E-state index contributed by atoms with van der Waals surface area (Å²) < 4.78 is 0. The molecule has 0 atom stereocenters. The fraction of sp³-hybridized carbons (Fsp3) is 0.222. The van der Waals surface area contributed by atoms with E-state index in [1.165, 1.54) is 0 Å². The SMILES string of the molecule is C/N=C(/SC)c1cc(Cl)cc(Cl)c1. The van der Waals surface area contributed by atoms with Crippen molar-refractivity contribution in [2.24, 2.45) is 4.99 Å². The topological polar surface area (TPSA) is 12.4 Å². The first kappa shape index (κ1) is 10.9. The second-order valence-corrected chi connectivity index (χ2v) is 4.06. The molecular formula is C9H9Cl2NS. The average molecular weight is 234 g/mol. The number of aliphatic imine (C=N–C) groups is 1. The molecule has 1 aromatic rings. The Hall–Kier alpha value is -0.180. The van der Waals surface area contributed by atoms with Crippen LogP contribution >= 0.6 is 35.0 Å². The van der Waals surface area contributed by atoms with Crippen LogP contribution in [0.5, 0.6) is 0 Å². The summed E-state index contributed by atoms with van der Waals surface area (Å²) in [6, 6.07) is 5.42. The van der Waals surface area contributed by atoms with Crippen molar-refractivity contribution in [1.29, 1.82) is 0 Å². The van der Waals surface area contributed by atoms with Gasteiger partial charge in [-0.2, -0.15) is 0 Å². The maximum absolute atomic E-state index is 5.86. The van der Waals surface area contributed by atoms with E-state index in [1.807, 2.05) is 18.4 Å². The van der Waals surface area contributed by atoms with E-state index in [2.05, 4.69) is 4.99 Å². The van der Waals surface area contributed by atoms with Crippen LogP contribution in [0.25, 0.3) is 0 Å². The van der Waals surface area contributed by atoms with Crippen LogP contribution in [-0.4, -0.2) is 18.3 Å². The zero-order chi connectivity index (χ0) is 9.84. The summed E-state index contributed by atoms with van der Waals surface area (Å²) in [6.07, 6.45) is 1.97. The molecule has 0 bridgehead atoms. The average Bonchev–Trinajstić information content (AvgIpc) is 2.04. The highest BCUT2D eigenvalue weighted by Gasteiger charge is 2.03. The van der Waals surface area contributed by atoms with Crippen molar-refractivity contribution in [3.05, 3.63) is 33.8 Å². The van der Waals surface area contributed by atoms with Crippen molar-refractivity contribution in [3.8, 4) is 0 Å². The highest BCUT2D eigenvalue weighted by Crippen LogP contribution is 2.21. The molecule has 0 fully saturated rings. The quantitative estimate of drug-likeness (QED) is 0.532. The van der Waals surface area contributed by atoms with Crippen molar-refractivity contribution in [2.75, 3.05) is 13.3 Å². The van der Waals surface area contributed by atoms with Crippen LogP contribution in [0.15, 0.2) is 23.2 Å². The Balaban J connectivity index is 3.14. The largest absolute Gasteiger partial charge is 0.281 e. The normalized spacial score (nSPS) is 11.8. The highest BCUT2D eigenvalue weighted by molar-refractivity contribution is 8.13. The fourth-order valence-corrected chi connectivity index (χ4v) is 2.08. The fourth-order valence-electron chi connectivity index (χ4n) is 1.02. The summed E-state index contributed by atoms with van der Waals surface area (Å²) >= 11 is 13.3. The minimum Gasteiger partial charge on any atom is -0.281 e. The lowest BCUT2D eigenvalue weighted by atomic mass is 10.2. The van der Waals surface area contributed by atoms with Crippen LogP contribution in [0.4, 0.5) is 0 Å². The van der Waals surface area contributed by atoms with E-state index in [0.717, 1.165) is 10.6 Å². The van der Waals surface area contributed by atoms with Crippen LogP contribution in [0.3, 0.4) is 0 Å². The summed E-state index contributed by atoms with van der Waals surface area (Å²) in [5.74, 6) is 0. The lowest BCUT2D eigenvalue weighted by Gasteiger charge is -2.03. The van der Waals surface area contributed by atoms with Gasteiger partial charge in [0.05, 0.1) is 5.04 Å². The number of hydrogen-bond donors (Lipinski definition) is 0. The van der Waals surface area contributed by atoms with E-state index in [1.54, 1.807) is 24.9 Å². The summed E-state index contributed by atoms with van der Waals surface area (Å²) in [5.41, 5.74) is 0.965. The number of rotatable bonds is 1. The standard InChI is InChI=1S/C9H9Cl2NS/c1-12-9(13-2)6-3-7(10)5-8(11)4-6/h3-5H,1-2H3/b12-9+. The van der Waals surface area contributed by atoms with E-state index >= 15 is 0 Å². The summed E-state index contributed by atoms with van der Waals surface area (Å²) in [6.45, 7) is 0. The van der Waals surface area contributed by atoms with Gasteiger partial charge in [0, 0.05) is 22.7 Å². The smallest absolute Gasteiger partial charge is 0.0971 e. The van der Waals surface area contributed by atoms with E-state index < -0.39 is 0 Å². The first-order valence-electron chi connectivity index (χ1n) is 3.64. The molecule has 0 aliphatic rings. The molecule has 1 aromatic carbocycles. The predicted molar refractivity (Wildman–Crippen MR) is 62.4 cm³/mol. The second-order valence-electron chi connectivity index (χ2n) is 2.39.